The van der Waals surface area contributed by atoms with Gasteiger partial charge in [0.05, 0.1) is 0 Å². The van der Waals surface area contributed by atoms with E-state index >= 15 is 0 Å². The second kappa shape index (κ2) is 3.89. The molecule has 0 saturated carbocycles. The van der Waals surface area contributed by atoms with Gasteiger partial charge in [0.25, 0.3) is 0 Å². The first-order chi connectivity index (χ1) is 4.21. The third-order valence-electron chi connectivity index (χ3n) is 1.58. The molecule has 0 radical (unpaired) electrons. The predicted molar refractivity (Wildman–Crippen MR) is 42.7 cm³/mol. The lowest BCUT2D eigenvalue weighted by molar-refractivity contribution is 0.460. The van der Waals surface area contributed by atoms with E-state index in [2.05, 4.69) is 19.2 Å². The molecule has 0 spiro atoms. The summed E-state index contributed by atoms with van der Waals surface area (Å²) < 4.78 is 0. The average Bonchev–Trinajstić information content (AvgIpc) is 2.19. The van der Waals surface area contributed by atoms with E-state index in [0.717, 1.165) is 0 Å². The molecule has 1 heteroatoms. The Morgan fingerprint density at radius 3 is 1.89 bits per heavy atom. The van der Waals surface area contributed by atoms with Crippen molar-refractivity contribution in [3.63, 3.8) is 0 Å². The lowest BCUT2D eigenvalue weighted by Crippen LogP contribution is -2.31. The zero-order chi connectivity index (χ0) is 7.33. The van der Waals surface area contributed by atoms with Crippen LogP contribution in [-0.4, -0.2) is 12.1 Å². The van der Waals surface area contributed by atoms with Crippen LogP contribution >= 0.6 is 0 Å². The predicted octanol–water partition coefficient (Wildman–Crippen LogP) is 2.17. The summed E-state index contributed by atoms with van der Waals surface area (Å²) in [6.45, 7) is 9.72. The van der Waals surface area contributed by atoms with Crippen molar-refractivity contribution in [1.82, 2.24) is 5.32 Å². The van der Waals surface area contributed by atoms with Gasteiger partial charge in [0, 0.05) is 5.54 Å². The quantitative estimate of drug-likeness (QED) is 0.528. The number of hydrogen-bond acceptors (Lipinski definition) is 1. The summed E-state index contributed by atoms with van der Waals surface area (Å²) in [5, 5.41) is 3.40. The zero-order valence-corrected chi connectivity index (χ0v) is 7.12. The van der Waals surface area contributed by atoms with E-state index in [0.29, 0.717) is 5.54 Å². The summed E-state index contributed by atoms with van der Waals surface area (Å²) in [4.78, 5) is 0. The molecule has 1 fully saturated rings. The van der Waals surface area contributed by atoms with Crippen LogP contribution in [0.4, 0.5) is 0 Å². The molecule has 0 aromatic heterocycles. The van der Waals surface area contributed by atoms with E-state index in [1.165, 1.54) is 19.4 Å². The van der Waals surface area contributed by atoms with Gasteiger partial charge >= 0.3 is 0 Å². The fraction of sp³-hybridized carbons (Fsp3) is 1.00. The van der Waals surface area contributed by atoms with Gasteiger partial charge < -0.3 is 5.32 Å². The Morgan fingerprint density at radius 2 is 1.78 bits per heavy atom. The van der Waals surface area contributed by atoms with Crippen molar-refractivity contribution in [1.29, 1.82) is 0 Å². The summed E-state index contributed by atoms with van der Waals surface area (Å²) in [6, 6.07) is 0. The second-order valence-corrected chi connectivity index (χ2v) is 2.91. The van der Waals surface area contributed by atoms with Crippen molar-refractivity contribution in [2.75, 3.05) is 6.54 Å². The molecular weight excluding hydrogens is 110 g/mol. The molecule has 0 aromatic rings. The first-order valence-corrected chi connectivity index (χ1v) is 3.96. The van der Waals surface area contributed by atoms with Crippen LogP contribution in [0.2, 0.25) is 0 Å². The summed E-state index contributed by atoms with van der Waals surface area (Å²) in [6.07, 6.45) is 2.69. The topological polar surface area (TPSA) is 12.0 Å². The van der Waals surface area contributed by atoms with Crippen molar-refractivity contribution in [3.05, 3.63) is 0 Å². The number of nitrogens with one attached hydrogen (secondary N) is 1. The molecule has 56 valence electrons. The molecule has 1 N–H and O–H groups in total. The van der Waals surface area contributed by atoms with Crippen LogP contribution in [0.5, 0.6) is 0 Å². The second-order valence-electron chi connectivity index (χ2n) is 2.91. The summed E-state index contributed by atoms with van der Waals surface area (Å²) in [7, 11) is 0. The maximum Gasteiger partial charge on any atom is 0.0125 e. The van der Waals surface area contributed by atoms with E-state index < -0.39 is 0 Å². The van der Waals surface area contributed by atoms with Gasteiger partial charge in [-0.2, -0.15) is 0 Å². The molecule has 0 bridgehead atoms. The van der Waals surface area contributed by atoms with Crippen LogP contribution in [0.1, 0.15) is 40.5 Å². The minimum absolute atomic E-state index is 0.444. The smallest absolute Gasteiger partial charge is 0.0125 e. The Balaban J connectivity index is 0.000000291. The van der Waals surface area contributed by atoms with Crippen molar-refractivity contribution >= 4 is 0 Å². The molecule has 1 heterocycles. The van der Waals surface area contributed by atoms with Crippen LogP contribution in [0.15, 0.2) is 0 Å². The zero-order valence-electron chi connectivity index (χ0n) is 7.12. The van der Waals surface area contributed by atoms with Gasteiger partial charge in [-0.25, -0.2) is 0 Å². The Kier molecular flexibility index (Phi) is 3.87. The van der Waals surface area contributed by atoms with Crippen LogP contribution in [0.25, 0.3) is 0 Å². The minimum Gasteiger partial charge on any atom is -0.312 e. The van der Waals surface area contributed by atoms with Crippen LogP contribution < -0.4 is 5.32 Å². The van der Waals surface area contributed by atoms with Gasteiger partial charge in [0.1, 0.15) is 0 Å². The molecule has 0 aliphatic carbocycles. The summed E-state index contributed by atoms with van der Waals surface area (Å²) >= 11 is 0. The highest BCUT2D eigenvalue weighted by Gasteiger charge is 2.20. The van der Waals surface area contributed by atoms with Crippen molar-refractivity contribution in [2.45, 2.75) is 46.1 Å². The summed E-state index contributed by atoms with van der Waals surface area (Å²) in [5.41, 5.74) is 0.444. The fourth-order valence-electron chi connectivity index (χ4n) is 1.05. The molecule has 0 unspecified atom stereocenters. The van der Waals surface area contributed by atoms with Gasteiger partial charge in [-0.3, -0.25) is 0 Å². The van der Waals surface area contributed by atoms with Crippen molar-refractivity contribution < 1.29 is 0 Å². The molecule has 1 saturated heterocycles. The Bertz CT molecular complexity index is 59.0. The van der Waals surface area contributed by atoms with E-state index in [1.807, 2.05) is 13.8 Å². The molecular formula is C8H19N. The molecule has 0 atom stereocenters. The van der Waals surface area contributed by atoms with Gasteiger partial charge in [-0.1, -0.05) is 13.8 Å². The van der Waals surface area contributed by atoms with Gasteiger partial charge in [-0.15, -0.1) is 0 Å². The highest BCUT2D eigenvalue weighted by Crippen LogP contribution is 2.15. The lowest BCUT2D eigenvalue weighted by Gasteiger charge is -2.15. The maximum atomic E-state index is 3.40. The molecule has 0 aromatic carbocycles. The first-order valence-electron chi connectivity index (χ1n) is 3.96. The molecule has 1 aliphatic heterocycles. The Morgan fingerprint density at radius 1 is 1.22 bits per heavy atom. The first kappa shape index (κ1) is 8.96. The SMILES string of the molecule is CC.CC1(C)CCCN1. The van der Waals surface area contributed by atoms with Gasteiger partial charge in [0.15, 0.2) is 0 Å². The van der Waals surface area contributed by atoms with E-state index in [1.54, 1.807) is 0 Å². The molecule has 1 aliphatic rings. The Labute approximate surface area is 58.8 Å². The summed E-state index contributed by atoms with van der Waals surface area (Å²) in [5.74, 6) is 0. The van der Waals surface area contributed by atoms with E-state index in [9.17, 15) is 0 Å². The third kappa shape index (κ3) is 3.52. The average molecular weight is 129 g/mol. The minimum atomic E-state index is 0.444. The largest absolute Gasteiger partial charge is 0.312 e. The van der Waals surface area contributed by atoms with Crippen LogP contribution in [0.3, 0.4) is 0 Å². The highest BCUT2D eigenvalue weighted by molar-refractivity contribution is 4.82. The van der Waals surface area contributed by atoms with Crippen LogP contribution in [0, 0.1) is 0 Å². The van der Waals surface area contributed by atoms with Crippen molar-refractivity contribution in [2.24, 2.45) is 0 Å². The third-order valence-corrected chi connectivity index (χ3v) is 1.58. The fourth-order valence-corrected chi connectivity index (χ4v) is 1.05. The number of rotatable bonds is 0. The van der Waals surface area contributed by atoms with E-state index in [-0.39, 0.29) is 0 Å². The van der Waals surface area contributed by atoms with Crippen molar-refractivity contribution in [3.8, 4) is 0 Å². The van der Waals surface area contributed by atoms with Gasteiger partial charge in [-0.05, 0) is 33.2 Å². The molecule has 0 amide bonds. The normalized spacial score (nSPS) is 22.7. The van der Waals surface area contributed by atoms with E-state index in [4.69, 9.17) is 0 Å². The van der Waals surface area contributed by atoms with Gasteiger partial charge in [0.2, 0.25) is 0 Å². The Hall–Kier alpha value is -0.0400. The number of hydrogen-bond donors (Lipinski definition) is 1. The monoisotopic (exact) mass is 129 g/mol. The standard InChI is InChI=1S/C6H13N.C2H6/c1-6(2)4-3-5-7-6;1-2/h7H,3-5H2,1-2H3;1-2H3. The lowest BCUT2D eigenvalue weighted by atomic mass is 10.0. The van der Waals surface area contributed by atoms with Crippen LogP contribution in [-0.2, 0) is 0 Å². The maximum absolute atomic E-state index is 3.40. The molecule has 1 nitrogen and oxygen atoms in total. The highest BCUT2D eigenvalue weighted by atomic mass is 15.0. The molecule has 9 heavy (non-hydrogen) atoms. The molecule has 1 rings (SSSR count).